The number of imide groups is 1. The molecule has 1 atom stereocenters. The minimum atomic E-state index is -0.182. The van der Waals surface area contributed by atoms with Crippen molar-refractivity contribution in [3.63, 3.8) is 0 Å². The van der Waals surface area contributed by atoms with E-state index < -0.39 is 0 Å². The van der Waals surface area contributed by atoms with Crippen LogP contribution in [0.1, 0.15) is 40.1 Å². The van der Waals surface area contributed by atoms with E-state index in [1.54, 1.807) is 24.3 Å². The molecule has 24 heavy (non-hydrogen) atoms. The third-order valence-electron chi connectivity index (χ3n) is 4.58. The molecule has 0 bridgehead atoms. The second-order valence-corrected chi connectivity index (χ2v) is 6.16. The van der Waals surface area contributed by atoms with E-state index in [0.29, 0.717) is 17.7 Å². The van der Waals surface area contributed by atoms with Gasteiger partial charge >= 0.3 is 0 Å². The number of carbonyl (C=O) groups excluding carboxylic acids is 2. The Morgan fingerprint density at radius 2 is 1.46 bits per heavy atom. The zero-order valence-electron chi connectivity index (χ0n) is 14.1. The van der Waals surface area contributed by atoms with Crippen molar-refractivity contribution in [3.05, 3.63) is 71.3 Å². The first kappa shape index (κ1) is 16.4. The Morgan fingerprint density at radius 1 is 0.917 bits per heavy atom. The molecule has 4 nitrogen and oxygen atoms in total. The van der Waals surface area contributed by atoms with Crippen molar-refractivity contribution in [2.45, 2.75) is 26.4 Å². The number of hydrogen-bond acceptors (Lipinski definition) is 3. The smallest absolute Gasteiger partial charge is 0.261 e. The number of hydrogen-bond donors (Lipinski definition) is 0. The molecule has 0 saturated carbocycles. The van der Waals surface area contributed by atoms with Crippen LogP contribution in [-0.2, 0) is 6.54 Å². The summed E-state index contributed by atoms with van der Waals surface area (Å²) in [4.78, 5) is 28.7. The van der Waals surface area contributed by atoms with Gasteiger partial charge in [0, 0.05) is 19.1 Å². The lowest BCUT2D eigenvalue weighted by atomic mass is 10.1. The first-order chi connectivity index (χ1) is 11.6. The van der Waals surface area contributed by atoms with E-state index in [1.165, 1.54) is 10.5 Å². The highest BCUT2D eigenvalue weighted by atomic mass is 16.2. The zero-order valence-corrected chi connectivity index (χ0v) is 14.1. The molecular weight excluding hydrogens is 300 g/mol. The molecule has 0 unspecified atom stereocenters. The highest BCUT2D eigenvalue weighted by molar-refractivity contribution is 6.21. The van der Waals surface area contributed by atoms with Gasteiger partial charge in [-0.2, -0.15) is 0 Å². The van der Waals surface area contributed by atoms with Crippen LogP contribution in [-0.4, -0.2) is 40.7 Å². The highest BCUT2D eigenvalue weighted by Gasteiger charge is 2.36. The fraction of sp³-hybridized carbons (Fsp3) is 0.300. The van der Waals surface area contributed by atoms with Gasteiger partial charge in [-0.15, -0.1) is 0 Å². The van der Waals surface area contributed by atoms with Crippen molar-refractivity contribution in [1.82, 2.24) is 9.80 Å². The maximum Gasteiger partial charge on any atom is 0.261 e. The molecule has 3 rings (SSSR count). The molecule has 0 radical (unpaired) electrons. The van der Waals surface area contributed by atoms with E-state index >= 15 is 0 Å². The van der Waals surface area contributed by atoms with Gasteiger partial charge in [-0.05, 0) is 31.2 Å². The van der Waals surface area contributed by atoms with Crippen LogP contribution in [0.4, 0.5) is 0 Å². The van der Waals surface area contributed by atoms with Crippen molar-refractivity contribution < 1.29 is 9.59 Å². The monoisotopic (exact) mass is 322 g/mol. The average Bonchev–Trinajstić information content (AvgIpc) is 2.86. The Hall–Kier alpha value is -2.46. The minimum Gasteiger partial charge on any atom is -0.295 e. The summed E-state index contributed by atoms with van der Waals surface area (Å²) in [6.45, 7) is 6.24. The van der Waals surface area contributed by atoms with Gasteiger partial charge in [0.15, 0.2) is 0 Å². The van der Waals surface area contributed by atoms with E-state index in [0.717, 1.165) is 13.1 Å². The Kier molecular flexibility index (Phi) is 4.76. The van der Waals surface area contributed by atoms with E-state index in [4.69, 9.17) is 0 Å². The molecule has 0 fully saturated rings. The third kappa shape index (κ3) is 3.10. The van der Waals surface area contributed by atoms with Gasteiger partial charge < -0.3 is 0 Å². The Labute approximate surface area is 142 Å². The van der Waals surface area contributed by atoms with Gasteiger partial charge in [-0.25, -0.2) is 0 Å². The summed E-state index contributed by atoms with van der Waals surface area (Å²) in [5, 5.41) is 0. The molecule has 0 aromatic heterocycles. The van der Waals surface area contributed by atoms with Crippen molar-refractivity contribution in [1.29, 1.82) is 0 Å². The molecule has 0 N–H and O–H groups in total. The Bertz CT molecular complexity index is 707. The number of amides is 2. The average molecular weight is 322 g/mol. The summed E-state index contributed by atoms with van der Waals surface area (Å²) in [5.74, 6) is -0.364. The van der Waals surface area contributed by atoms with Gasteiger partial charge in [-0.3, -0.25) is 19.4 Å². The topological polar surface area (TPSA) is 40.6 Å². The summed E-state index contributed by atoms with van der Waals surface area (Å²) in [6.07, 6.45) is 0. The van der Waals surface area contributed by atoms with E-state index in [2.05, 4.69) is 30.9 Å². The van der Waals surface area contributed by atoms with Gasteiger partial charge in [0.2, 0.25) is 0 Å². The van der Waals surface area contributed by atoms with Crippen molar-refractivity contribution in [3.8, 4) is 0 Å². The highest BCUT2D eigenvalue weighted by Crippen LogP contribution is 2.23. The van der Waals surface area contributed by atoms with Crippen molar-refractivity contribution >= 4 is 11.8 Å². The maximum absolute atomic E-state index is 12.5. The molecule has 0 spiro atoms. The molecule has 4 heteroatoms. The van der Waals surface area contributed by atoms with Gasteiger partial charge in [0.05, 0.1) is 11.1 Å². The zero-order chi connectivity index (χ0) is 17.1. The van der Waals surface area contributed by atoms with Crippen LogP contribution >= 0.6 is 0 Å². The Balaban J connectivity index is 1.71. The van der Waals surface area contributed by atoms with Crippen LogP contribution in [0.25, 0.3) is 0 Å². The third-order valence-corrected chi connectivity index (χ3v) is 4.58. The molecule has 1 aliphatic heterocycles. The lowest BCUT2D eigenvalue weighted by molar-refractivity contribution is 0.0596. The van der Waals surface area contributed by atoms with Gasteiger partial charge in [-0.1, -0.05) is 49.4 Å². The molecule has 2 amide bonds. The number of nitrogens with zero attached hydrogens (tertiary/aromatic N) is 2. The first-order valence-corrected chi connectivity index (χ1v) is 8.35. The molecule has 2 aromatic carbocycles. The second-order valence-electron chi connectivity index (χ2n) is 6.16. The molecule has 2 aromatic rings. The van der Waals surface area contributed by atoms with Crippen LogP contribution in [0, 0.1) is 0 Å². The summed E-state index contributed by atoms with van der Waals surface area (Å²) >= 11 is 0. The van der Waals surface area contributed by atoms with Crippen LogP contribution in [0.2, 0.25) is 0 Å². The number of benzene rings is 2. The van der Waals surface area contributed by atoms with Crippen LogP contribution < -0.4 is 0 Å². The Morgan fingerprint density at radius 3 is 2.00 bits per heavy atom. The van der Waals surface area contributed by atoms with Crippen LogP contribution in [0.5, 0.6) is 0 Å². The maximum atomic E-state index is 12.5. The fourth-order valence-electron chi connectivity index (χ4n) is 3.18. The summed E-state index contributed by atoms with van der Waals surface area (Å²) < 4.78 is 0. The van der Waals surface area contributed by atoms with Crippen LogP contribution in [0.3, 0.4) is 0 Å². The number of fused-ring (bicyclic) bond motifs is 1. The second kappa shape index (κ2) is 6.97. The lowest BCUT2D eigenvalue weighted by Crippen LogP contribution is -2.44. The lowest BCUT2D eigenvalue weighted by Gasteiger charge is -2.30. The van der Waals surface area contributed by atoms with E-state index in [-0.39, 0.29) is 17.9 Å². The standard InChI is InChI=1S/C20H22N2O2/c1-3-21(14-16-9-5-4-6-10-16)15(2)13-22-19(23)17-11-7-8-12-18(17)20(22)24/h4-12,15H,3,13-14H2,1-2H3/t15-/m0/s1. The molecule has 0 aliphatic carbocycles. The van der Waals surface area contributed by atoms with Gasteiger partial charge in [0.25, 0.3) is 11.8 Å². The molecular formula is C20H22N2O2. The molecule has 1 aliphatic rings. The SMILES string of the molecule is CCN(Cc1ccccc1)[C@@H](C)CN1C(=O)c2ccccc2C1=O. The van der Waals surface area contributed by atoms with E-state index in [1.807, 2.05) is 18.2 Å². The van der Waals surface area contributed by atoms with Crippen LogP contribution in [0.15, 0.2) is 54.6 Å². The van der Waals surface area contributed by atoms with E-state index in [9.17, 15) is 9.59 Å². The first-order valence-electron chi connectivity index (χ1n) is 8.35. The van der Waals surface area contributed by atoms with Crippen molar-refractivity contribution in [2.24, 2.45) is 0 Å². The number of rotatable bonds is 6. The summed E-state index contributed by atoms with van der Waals surface area (Å²) in [7, 11) is 0. The number of carbonyl (C=O) groups is 2. The number of likely N-dealkylation sites (N-methyl/N-ethyl adjacent to an activating group) is 1. The molecule has 1 heterocycles. The quantitative estimate of drug-likeness (QED) is 0.767. The van der Waals surface area contributed by atoms with Crippen molar-refractivity contribution in [2.75, 3.05) is 13.1 Å². The largest absolute Gasteiger partial charge is 0.295 e. The molecule has 124 valence electrons. The van der Waals surface area contributed by atoms with Gasteiger partial charge in [0.1, 0.15) is 0 Å². The minimum absolute atomic E-state index is 0.0948. The predicted octanol–water partition coefficient (Wildman–Crippen LogP) is 3.19. The molecule has 0 saturated heterocycles. The fourth-order valence-corrected chi connectivity index (χ4v) is 3.18. The normalized spacial score (nSPS) is 15.0. The summed E-state index contributed by atoms with van der Waals surface area (Å²) in [6, 6.07) is 17.4. The predicted molar refractivity (Wildman–Crippen MR) is 93.8 cm³/mol. The summed E-state index contributed by atoms with van der Waals surface area (Å²) in [5.41, 5.74) is 2.26.